The average molecular weight is 312 g/mol. The van der Waals surface area contributed by atoms with Gasteiger partial charge in [0.1, 0.15) is 5.78 Å². The molecule has 1 unspecified atom stereocenters. The Kier molecular flexibility index (Phi) is 8.78. The third kappa shape index (κ3) is 6.16. The lowest BCUT2D eigenvalue weighted by Gasteiger charge is -2.26. The molecule has 126 valence electrons. The van der Waals surface area contributed by atoms with E-state index in [-0.39, 0.29) is 18.1 Å². The van der Waals surface area contributed by atoms with Crippen molar-refractivity contribution in [2.24, 2.45) is 11.8 Å². The minimum atomic E-state index is -0.946. The number of ketones is 1. The van der Waals surface area contributed by atoms with Crippen molar-refractivity contribution in [2.75, 3.05) is 13.2 Å². The van der Waals surface area contributed by atoms with Crippen molar-refractivity contribution in [3.63, 3.8) is 0 Å². The Hall–Kier alpha value is -1.39. The molecule has 0 saturated heterocycles. The van der Waals surface area contributed by atoms with Crippen LogP contribution in [0.1, 0.15) is 65.2 Å². The summed E-state index contributed by atoms with van der Waals surface area (Å²) in [6.45, 7) is 4.64. The van der Waals surface area contributed by atoms with Crippen molar-refractivity contribution < 1.29 is 23.9 Å². The highest BCUT2D eigenvalue weighted by molar-refractivity contribution is 5.96. The summed E-state index contributed by atoms with van der Waals surface area (Å²) in [7, 11) is 0. The highest BCUT2D eigenvalue weighted by atomic mass is 16.6. The molecule has 0 aromatic heterocycles. The van der Waals surface area contributed by atoms with Gasteiger partial charge in [0.05, 0.1) is 13.2 Å². The van der Waals surface area contributed by atoms with E-state index in [4.69, 9.17) is 9.47 Å². The van der Waals surface area contributed by atoms with Gasteiger partial charge in [-0.15, -0.1) is 0 Å². The van der Waals surface area contributed by atoms with Gasteiger partial charge in [-0.3, -0.25) is 14.4 Å². The van der Waals surface area contributed by atoms with Gasteiger partial charge in [-0.2, -0.15) is 0 Å². The molecule has 5 heteroatoms. The molecule has 0 bridgehead atoms. The Bertz CT molecular complexity index is 355. The summed E-state index contributed by atoms with van der Waals surface area (Å²) in [4.78, 5) is 36.2. The molecule has 0 spiro atoms. The molecule has 1 saturated carbocycles. The summed E-state index contributed by atoms with van der Waals surface area (Å²) in [5.74, 6) is -2.17. The monoisotopic (exact) mass is 312 g/mol. The van der Waals surface area contributed by atoms with Crippen molar-refractivity contribution in [2.45, 2.75) is 65.2 Å². The number of hydrogen-bond donors (Lipinski definition) is 0. The van der Waals surface area contributed by atoms with Crippen molar-refractivity contribution in [3.8, 4) is 0 Å². The molecule has 0 radical (unpaired) electrons. The fourth-order valence-electron chi connectivity index (χ4n) is 2.64. The number of hydrogen-bond acceptors (Lipinski definition) is 5. The Morgan fingerprint density at radius 3 is 2.09 bits per heavy atom. The minimum Gasteiger partial charge on any atom is -0.465 e. The first-order valence-electron chi connectivity index (χ1n) is 8.45. The van der Waals surface area contributed by atoms with Gasteiger partial charge in [0.2, 0.25) is 0 Å². The SMILES string of the molecule is CCCCOC(=O)C(C(=O)OCCCC)C1CCCC(=O)C1. The van der Waals surface area contributed by atoms with Crippen LogP contribution in [0.25, 0.3) is 0 Å². The minimum absolute atomic E-state index is 0.115. The Morgan fingerprint density at radius 2 is 1.64 bits per heavy atom. The van der Waals surface area contributed by atoms with E-state index >= 15 is 0 Å². The molecule has 0 aliphatic heterocycles. The van der Waals surface area contributed by atoms with Gasteiger partial charge in [0.15, 0.2) is 5.92 Å². The van der Waals surface area contributed by atoms with Crippen LogP contribution in [-0.4, -0.2) is 30.9 Å². The van der Waals surface area contributed by atoms with Gasteiger partial charge in [-0.1, -0.05) is 26.7 Å². The summed E-state index contributed by atoms with van der Waals surface area (Å²) in [5, 5.41) is 0. The van der Waals surface area contributed by atoms with Crippen LogP contribution < -0.4 is 0 Å². The summed E-state index contributed by atoms with van der Waals surface area (Å²) in [6, 6.07) is 0. The highest BCUT2D eigenvalue weighted by Crippen LogP contribution is 2.30. The van der Waals surface area contributed by atoms with Crippen LogP contribution in [0.15, 0.2) is 0 Å². The standard InChI is InChI=1S/C17H28O5/c1-3-5-10-21-16(19)15(17(20)22-11-6-4-2)13-8-7-9-14(18)12-13/h13,15H,3-12H2,1-2H3. The van der Waals surface area contributed by atoms with Gasteiger partial charge < -0.3 is 9.47 Å². The van der Waals surface area contributed by atoms with E-state index in [0.717, 1.165) is 32.1 Å². The maximum atomic E-state index is 12.3. The zero-order valence-electron chi connectivity index (χ0n) is 13.8. The lowest BCUT2D eigenvalue weighted by molar-refractivity contribution is -0.165. The van der Waals surface area contributed by atoms with Crippen LogP contribution in [0.2, 0.25) is 0 Å². The van der Waals surface area contributed by atoms with Crippen LogP contribution in [0.3, 0.4) is 0 Å². The van der Waals surface area contributed by atoms with Gasteiger partial charge in [-0.05, 0) is 31.6 Å². The predicted octanol–water partition coefficient (Wildman–Crippen LogP) is 3.05. The first-order valence-corrected chi connectivity index (χ1v) is 8.45. The van der Waals surface area contributed by atoms with E-state index in [9.17, 15) is 14.4 Å². The lowest BCUT2D eigenvalue weighted by Crippen LogP contribution is -2.37. The second kappa shape index (κ2) is 10.4. The molecule has 1 rings (SSSR count). The molecule has 0 aromatic carbocycles. The third-order valence-corrected chi connectivity index (χ3v) is 3.98. The summed E-state index contributed by atoms with van der Waals surface area (Å²) in [5.41, 5.74) is 0. The highest BCUT2D eigenvalue weighted by Gasteiger charge is 2.39. The molecule has 0 aromatic rings. The predicted molar refractivity (Wildman–Crippen MR) is 82.2 cm³/mol. The van der Waals surface area contributed by atoms with E-state index in [1.54, 1.807) is 0 Å². The van der Waals surface area contributed by atoms with Gasteiger partial charge in [-0.25, -0.2) is 0 Å². The van der Waals surface area contributed by atoms with E-state index < -0.39 is 17.9 Å². The fraction of sp³-hybridized carbons (Fsp3) is 0.824. The van der Waals surface area contributed by atoms with Gasteiger partial charge in [0.25, 0.3) is 0 Å². The number of Topliss-reactive ketones (excluding diaryl/α,β-unsaturated/α-hetero) is 1. The second-order valence-corrected chi connectivity index (χ2v) is 5.91. The summed E-state index contributed by atoms with van der Waals surface area (Å²) < 4.78 is 10.4. The van der Waals surface area contributed by atoms with Crippen molar-refractivity contribution in [3.05, 3.63) is 0 Å². The molecule has 1 aliphatic carbocycles. The number of rotatable bonds is 9. The van der Waals surface area contributed by atoms with Crippen molar-refractivity contribution in [1.29, 1.82) is 0 Å². The fourth-order valence-corrected chi connectivity index (χ4v) is 2.64. The quantitative estimate of drug-likeness (QED) is 0.372. The molecule has 1 fully saturated rings. The zero-order valence-corrected chi connectivity index (χ0v) is 13.8. The normalized spacial score (nSPS) is 18.3. The molecular formula is C17H28O5. The Morgan fingerprint density at radius 1 is 1.09 bits per heavy atom. The first-order chi connectivity index (χ1) is 10.6. The smallest absolute Gasteiger partial charge is 0.320 e. The number of ether oxygens (including phenoxy) is 2. The van der Waals surface area contributed by atoms with E-state index in [2.05, 4.69) is 0 Å². The number of unbranched alkanes of at least 4 members (excludes halogenated alkanes) is 2. The molecule has 1 aliphatic rings. The first kappa shape index (κ1) is 18.7. The van der Waals surface area contributed by atoms with Gasteiger partial charge >= 0.3 is 11.9 Å². The Labute approximate surface area is 132 Å². The second-order valence-electron chi connectivity index (χ2n) is 5.91. The molecular weight excluding hydrogens is 284 g/mol. The van der Waals surface area contributed by atoms with Crippen LogP contribution in [0, 0.1) is 11.8 Å². The van der Waals surface area contributed by atoms with E-state index in [0.29, 0.717) is 26.1 Å². The molecule has 0 N–H and O–H groups in total. The molecule has 0 amide bonds. The van der Waals surface area contributed by atoms with Gasteiger partial charge in [0, 0.05) is 12.8 Å². The Balaban J connectivity index is 2.68. The molecule has 5 nitrogen and oxygen atoms in total. The maximum Gasteiger partial charge on any atom is 0.320 e. The van der Waals surface area contributed by atoms with Crippen LogP contribution in [-0.2, 0) is 23.9 Å². The third-order valence-electron chi connectivity index (χ3n) is 3.98. The van der Waals surface area contributed by atoms with Crippen molar-refractivity contribution >= 4 is 17.7 Å². The van der Waals surface area contributed by atoms with E-state index in [1.165, 1.54) is 0 Å². The number of carbonyl (C=O) groups excluding carboxylic acids is 3. The topological polar surface area (TPSA) is 69.7 Å². The van der Waals surface area contributed by atoms with Crippen LogP contribution in [0.4, 0.5) is 0 Å². The summed E-state index contributed by atoms with van der Waals surface area (Å²) in [6.07, 6.45) is 5.61. The largest absolute Gasteiger partial charge is 0.465 e. The molecule has 1 atom stereocenters. The van der Waals surface area contributed by atoms with Crippen molar-refractivity contribution in [1.82, 2.24) is 0 Å². The zero-order chi connectivity index (χ0) is 16.4. The molecule has 22 heavy (non-hydrogen) atoms. The molecule has 0 heterocycles. The number of carbonyl (C=O) groups is 3. The average Bonchev–Trinajstić information content (AvgIpc) is 2.48. The van der Waals surface area contributed by atoms with Crippen LogP contribution in [0.5, 0.6) is 0 Å². The lowest BCUT2D eigenvalue weighted by atomic mass is 9.79. The summed E-state index contributed by atoms with van der Waals surface area (Å²) >= 11 is 0. The number of esters is 2. The van der Waals surface area contributed by atoms with E-state index in [1.807, 2.05) is 13.8 Å². The van der Waals surface area contributed by atoms with Crippen LogP contribution >= 0.6 is 0 Å². The maximum absolute atomic E-state index is 12.3.